The van der Waals surface area contributed by atoms with Gasteiger partial charge in [-0.15, -0.1) is 0 Å². The fraction of sp³-hybridized carbons (Fsp3) is 0.471. The van der Waals surface area contributed by atoms with E-state index in [1.807, 2.05) is 30.0 Å². The number of benzene rings is 1. The van der Waals surface area contributed by atoms with Gasteiger partial charge >= 0.3 is 0 Å². The molecular weight excluding hydrogens is 248 g/mol. The van der Waals surface area contributed by atoms with Crippen molar-refractivity contribution in [3.8, 4) is 0 Å². The minimum Gasteiger partial charge on any atom is -0.341 e. The van der Waals surface area contributed by atoms with Crippen LogP contribution in [-0.2, 0) is 4.79 Å². The van der Waals surface area contributed by atoms with Gasteiger partial charge in [0.25, 0.3) is 0 Å². The molecule has 0 aliphatic carbocycles. The Hall–Kier alpha value is -1.61. The lowest BCUT2D eigenvalue weighted by Gasteiger charge is -2.29. The van der Waals surface area contributed by atoms with Gasteiger partial charge in [-0.05, 0) is 31.7 Å². The van der Waals surface area contributed by atoms with Gasteiger partial charge in [-0.25, -0.2) is 0 Å². The Morgan fingerprint density at radius 3 is 2.65 bits per heavy atom. The first-order chi connectivity index (χ1) is 9.77. The maximum atomic E-state index is 12.2. The second-order valence-electron chi connectivity index (χ2n) is 5.33. The second-order valence-corrected chi connectivity index (χ2v) is 5.33. The smallest absolute Gasteiger partial charge is 0.239 e. The van der Waals surface area contributed by atoms with Crippen LogP contribution >= 0.6 is 0 Å². The average Bonchev–Trinajstić information content (AvgIpc) is 2.52. The largest absolute Gasteiger partial charge is 0.341 e. The summed E-state index contributed by atoms with van der Waals surface area (Å²) in [5.41, 5.74) is 1.18. The Balaban J connectivity index is 1.73. The highest BCUT2D eigenvalue weighted by Crippen LogP contribution is 2.09. The maximum absolute atomic E-state index is 12.2. The summed E-state index contributed by atoms with van der Waals surface area (Å²) in [5, 5.41) is 3.27. The molecule has 0 saturated carbocycles. The number of hydrogen-bond donors (Lipinski definition) is 1. The summed E-state index contributed by atoms with van der Waals surface area (Å²) in [6.07, 6.45) is 7.69. The predicted octanol–water partition coefficient (Wildman–Crippen LogP) is 2.69. The molecule has 1 saturated heterocycles. The van der Waals surface area contributed by atoms with Crippen molar-refractivity contribution >= 4 is 12.0 Å². The quantitative estimate of drug-likeness (QED) is 0.894. The van der Waals surface area contributed by atoms with Crippen molar-refractivity contribution in [3.63, 3.8) is 0 Å². The fourth-order valence-electron chi connectivity index (χ4n) is 2.48. The van der Waals surface area contributed by atoms with Crippen molar-refractivity contribution in [1.29, 1.82) is 0 Å². The highest BCUT2D eigenvalue weighted by molar-refractivity contribution is 5.81. The van der Waals surface area contributed by atoms with Gasteiger partial charge in [0.1, 0.15) is 0 Å². The first-order valence-corrected chi connectivity index (χ1v) is 7.51. The van der Waals surface area contributed by atoms with Crippen molar-refractivity contribution in [2.45, 2.75) is 32.2 Å². The van der Waals surface area contributed by atoms with Gasteiger partial charge in [-0.3, -0.25) is 4.79 Å². The number of rotatable bonds is 5. The number of carbonyl (C=O) groups excluding carboxylic acids is 1. The zero-order valence-electron chi connectivity index (χ0n) is 12.2. The van der Waals surface area contributed by atoms with E-state index in [1.54, 1.807) is 0 Å². The number of likely N-dealkylation sites (tertiary alicyclic amines) is 1. The van der Waals surface area contributed by atoms with Gasteiger partial charge in [0, 0.05) is 19.6 Å². The summed E-state index contributed by atoms with van der Waals surface area (Å²) in [6.45, 7) is 4.51. The van der Waals surface area contributed by atoms with Crippen LogP contribution in [0.4, 0.5) is 0 Å². The van der Waals surface area contributed by atoms with E-state index in [0.717, 1.165) is 32.5 Å². The first-order valence-electron chi connectivity index (χ1n) is 7.51. The molecule has 3 heteroatoms. The third kappa shape index (κ3) is 4.49. The highest BCUT2D eigenvalue weighted by atomic mass is 16.2. The standard InChI is InChI=1S/C17H24N2O/c1-15(17(20)19-13-6-3-7-14-19)18-12-8-11-16-9-4-2-5-10-16/h2,4-5,8-11,15,18H,3,6-7,12-14H2,1H3/b11-8+. The number of nitrogens with one attached hydrogen (secondary N) is 1. The van der Waals surface area contributed by atoms with Crippen LogP contribution in [0.3, 0.4) is 0 Å². The zero-order chi connectivity index (χ0) is 14.2. The van der Waals surface area contributed by atoms with E-state index >= 15 is 0 Å². The second kappa shape index (κ2) is 7.85. The molecule has 1 aliphatic heterocycles. The monoisotopic (exact) mass is 272 g/mol. The molecule has 1 heterocycles. The molecule has 1 fully saturated rings. The van der Waals surface area contributed by atoms with Gasteiger partial charge in [-0.2, -0.15) is 0 Å². The Bertz CT molecular complexity index is 436. The molecule has 3 nitrogen and oxygen atoms in total. The normalized spacial score (nSPS) is 17.4. The minimum absolute atomic E-state index is 0.103. The summed E-state index contributed by atoms with van der Waals surface area (Å²) in [6, 6.07) is 10.1. The van der Waals surface area contributed by atoms with E-state index < -0.39 is 0 Å². The SMILES string of the molecule is CC(NC/C=C/c1ccccc1)C(=O)N1CCCCC1. The molecule has 1 N–H and O–H groups in total. The van der Waals surface area contributed by atoms with E-state index in [-0.39, 0.29) is 11.9 Å². The third-order valence-electron chi connectivity index (χ3n) is 3.69. The summed E-state index contributed by atoms with van der Waals surface area (Å²) in [5.74, 6) is 0.234. The van der Waals surface area contributed by atoms with E-state index in [0.29, 0.717) is 0 Å². The Morgan fingerprint density at radius 2 is 1.95 bits per heavy atom. The molecule has 0 radical (unpaired) electrons. The lowest BCUT2D eigenvalue weighted by Crippen LogP contribution is -2.46. The van der Waals surface area contributed by atoms with E-state index in [2.05, 4.69) is 29.6 Å². The van der Waals surface area contributed by atoms with Crippen LogP contribution in [0.25, 0.3) is 6.08 Å². The fourth-order valence-corrected chi connectivity index (χ4v) is 2.48. The van der Waals surface area contributed by atoms with Gasteiger partial charge in [0.05, 0.1) is 6.04 Å². The van der Waals surface area contributed by atoms with E-state index in [4.69, 9.17) is 0 Å². The van der Waals surface area contributed by atoms with Gasteiger partial charge in [-0.1, -0.05) is 42.5 Å². The Morgan fingerprint density at radius 1 is 1.25 bits per heavy atom. The Kier molecular flexibility index (Phi) is 5.81. The Labute approximate surface area is 121 Å². The number of hydrogen-bond acceptors (Lipinski definition) is 2. The molecule has 20 heavy (non-hydrogen) atoms. The predicted molar refractivity (Wildman–Crippen MR) is 83.4 cm³/mol. The third-order valence-corrected chi connectivity index (χ3v) is 3.69. The average molecular weight is 272 g/mol. The van der Waals surface area contributed by atoms with Crippen LogP contribution in [0.5, 0.6) is 0 Å². The van der Waals surface area contributed by atoms with Crippen LogP contribution < -0.4 is 5.32 Å². The molecule has 108 valence electrons. The van der Waals surface area contributed by atoms with Crippen LogP contribution in [0.2, 0.25) is 0 Å². The highest BCUT2D eigenvalue weighted by Gasteiger charge is 2.20. The van der Waals surface area contributed by atoms with Crippen LogP contribution in [0.15, 0.2) is 36.4 Å². The van der Waals surface area contributed by atoms with Crippen LogP contribution in [-0.4, -0.2) is 36.5 Å². The molecule has 0 aromatic heterocycles. The molecule has 1 amide bonds. The molecule has 1 aliphatic rings. The van der Waals surface area contributed by atoms with Gasteiger partial charge in [0.2, 0.25) is 5.91 Å². The van der Waals surface area contributed by atoms with Gasteiger partial charge < -0.3 is 10.2 Å². The summed E-state index contributed by atoms with van der Waals surface area (Å²) in [7, 11) is 0. The molecule has 1 aromatic carbocycles. The summed E-state index contributed by atoms with van der Waals surface area (Å²) in [4.78, 5) is 14.2. The topological polar surface area (TPSA) is 32.3 Å². The van der Waals surface area contributed by atoms with Gasteiger partial charge in [0.15, 0.2) is 0 Å². The molecular formula is C17H24N2O. The van der Waals surface area contributed by atoms with E-state index in [9.17, 15) is 4.79 Å². The van der Waals surface area contributed by atoms with Crippen LogP contribution in [0.1, 0.15) is 31.7 Å². The number of carbonyl (C=O) groups is 1. The molecule has 0 spiro atoms. The molecule has 1 aromatic rings. The van der Waals surface area contributed by atoms with Crippen LogP contribution in [0, 0.1) is 0 Å². The number of amides is 1. The lowest BCUT2D eigenvalue weighted by molar-refractivity contribution is -0.133. The minimum atomic E-state index is -0.103. The zero-order valence-corrected chi connectivity index (χ0v) is 12.2. The first kappa shape index (κ1) is 14.8. The number of piperidine rings is 1. The van der Waals surface area contributed by atoms with Crippen molar-refractivity contribution in [2.24, 2.45) is 0 Å². The van der Waals surface area contributed by atoms with E-state index in [1.165, 1.54) is 12.0 Å². The maximum Gasteiger partial charge on any atom is 0.239 e. The van der Waals surface area contributed by atoms with Crippen molar-refractivity contribution in [2.75, 3.05) is 19.6 Å². The molecule has 0 bridgehead atoms. The number of nitrogens with zero attached hydrogens (tertiary/aromatic N) is 1. The van der Waals surface area contributed by atoms with Crippen molar-refractivity contribution < 1.29 is 4.79 Å². The molecule has 1 atom stereocenters. The summed E-state index contributed by atoms with van der Waals surface area (Å²) >= 11 is 0. The van der Waals surface area contributed by atoms with Crippen molar-refractivity contribution in [1.82, 2.24) is 10.2 Å². The molecule has 1 unspecified atom stereocenters. The van der Waals surface area contributed by atoms with Crippen molar-refractivity contribution in [3.05, 3.63) is 42.0 Å². The lowest BCUT2D eigenvalue weighted by atomic mass is 10.1. The molecule has 2 rings (SSSR count). The summed E-state index contributed by atoms with van der Waals surface area (Å²) < 4.78 is 0.